The number of likely N-dealkylation sites (N-methyl/N-ethyl adjacent to an activating group) is 2. The van der Waals surface area contributed by atoms with Crippen LogP contribution in [0.1, 0.15) is 41.7 Å². The van der Waals surface area contributed by atoms with Gasteiger partial charge in [0.1, 0.15) is 9.88 Å². The third kappa shape index (κ3) is 4.89. The molecule has 0 N–H and O–H groups in total. The fraction of sp³-hybridized carbons (Fsp3) is 0.500. The summed E-state index contributed by atoms with van der Waals surface area (Å²) in [5.41, 5.74) is 3.21. The van der Waals surface area contributed by atoms with E-state index >= 15 is 0 Å². The number of hydrogen-bond donors (Lipinski definition) is 0. The van der Waals surface area contributed by atoms with Crippen LogP contribution >= 0.6 is 11.3 Å². The van der Waals surface area contributed by atoms with Gasteiger partial charge < -0.3 is 9.80 Å². The van der Waals surface area contributed by atoms with Gasteiger partial charge in [0.2, 0.25) is 0 Å². The molecule has 0 saturated heterocycles. The van der Waals surface area contributed by atoms with Gasteiger partial charge in [-0.2, -0.15) is 0 Å². The Labute approximate surface area is 155 Å². The van der Waals surface area contributed by atoms with E-state index in [0.717, 1.165) is 53.7 Å². The predicted octanol–water partition coefficient (Wildman–Crippen LogP) is 4.09. The number of carbonyl (C=O) groups is 1. The third-order valence-electron chi connectivity index (χ3n) is 4.59. The van der Waals surface area contributed by atoms with E-state index in [1.54, 1.807) is 0 Å². The fourth-order valence-corrected chi connectivity index (χ4v) is 3.77. The number of rotatable bonds is 8. The lowest BCUT2D eigenvalue weighted by atomic mass is 10.1. The van der Waals surface area contributed by atoms with Gasteiger partial charge in [0.25, 0.3) is 5.91 Å². The highest BCUT2D eigenvalue weighted by atomic mass is 32.1. The topological polar surface area (TPSA) is 36.4 Å². The number of aryl methyl sites for hydroxylation is 2. The van der Waals surface area contributed by atoms with Crippen LogP contribution in [0.15, 0.2) is 24.3 Å². The molecule has 5 heteroatoms. The highest BCUT2D eigenvalue weighted by molar-refractivity contribution is 7.17. The molecule has 0 spiro atoms. The van der Waals surface area contributed by atoms with Crippen LogP contribution in [0, 0.1) is 6.92 Å². The molecule has 0 saturated carbocycles. The maximum absolute atomic E-state index is 12.8. The van der Waals surface area contributed by atoms with Crippen molar-refractivity contribution in [2.75, 3.05) is 33.2 Å². The number of thiazole rings is 1. The van der Waals surface area contributed by atoms with Crippen molar-refractivity contribution in [3.8, 4) is 10.6 Å². The molecule has 2 rings (SSSR count). The molecule has 0 unspecified atom stereocenters. The van der Waals surface area contributed by atoms with Gasteiger partial charge in [0.15, 0.2) is 0 Å². The van der Waals surface area contributed by atoms with Gasteiger partial charge in [-0.25, -0.2) is 4.98 Å². The van der Waals surface area contributed by atoms with E-state index in [-0.39, 0.29) is 5.91 Å². The summed E-state index contributed by atoms with van der Waals surface area (Å²) in [5.74, 6) is 0.0681. The van der Waals surface area contributed by atoms with Gasteiger partial charge >= 0.3 is 0 Å². The van der Waals surface area contributed by atoms with Crippen LogP contribution in [0.3, 0.4) is 0 Å². The zero-order valence-electron chi connectivity index (χ0n) is 16.0. The second-order valence-corrected chi connectivity index (χ2v) is 7.24. The van der Waals surface area contributed by atoms with E-state index in [9.17, 15) is 4.79 Å². The molecule has 0 aliphatic carbocycles. The number of carbonyl (C=O) groups excluding carboxylic acids is 1. The smallest absolute Gasteiger partial charge is 0.265 e. The zero-order chi connectivity index (χ0) is 18.4. The average Bonchev–Trinajstić information content (AvgIpc) is 3.03. The van der Waals surface area contributed by atoms with Crippen LogP contribution in [0.2, 0.25) is 0 Å². The highest BCUT2D eigenvalue weighted by Gasteiger charge is 2.19. The van der Waals surface area contributed by atoms with Gasteiger partial charge in [0, 0.05) is 25.7 Å². The molecule has 0 atom stereocenters. The molecule has 0 fully saturated rings. The Kier molecular flexibility index (Phi) is 7.14. The summed E-state index contributed by atoms with van der Waals surface area (Å²) in [7, 11) is 1.88. The Bertz CT molecular complexity index is 689. The third-order valence-corrected chi connectivity index (χ3v) is 5.79. The number of amides is 1. The summed E-state index contributed by atoms with van der Waals surface area (Å²) in [5, 5.41) is 0.917. The molecule has 1 amide bonds. The van der Waals surface area contributed by atoms with Crippen molar-refractivity contribution in [1.29, 1.82) is 0 Å². The molecule has 136 valence electrons. The predicted molar refractivity (Wildman–Crippen MR) is 106 cm³/mol. The van der Waals surface area contributed by atoms with E-state index in [1.807, 2.05) is 18.9 Å². The quantitative estimate of drug-likeness (QED) is 0.712. The van der Waals surface area contributed by atoms with Gasteiger partial charge in [-0.05, 0) is 32.0 Å². The summed E-state index contributed by atoms with van der Waals surface area (Å²) in [6.45, 7) is 12.0. The van der Waals surface area contributed by atoms with Gasteiger partial charge in [-0.3, -0.25) is 4.79 Å². The molecular weight excluding hydrogens is 330 g/mol. The first kappa shape index (κ1) is 19.6. The molecule has 25 heavy (non-hydrogen) atoms. The molecule has 0 aliphatic heterocycles. The molecule has 1 heterocycles. The Morgan fingerprint density at radius 1 is 1.08 bits per heavy atom. The van der Waals surface area contributed by atoms with Crippen LogP contribution in [0.5, 0.6) is 0 Å². The summed E-state index contributed by atoms with van der Waals surface area (Å²) < 4.78 is 0. The van der Waals surface area contributed by atoms with Gasteiger partial charge in [0.05, 0.1) is 5.69 Å². The molecule has 0 radical (unpaired) electrons. The Morgan fingerprint density at radius 2 is 1.72 bits per heavy atom. The molecule has 0 bridgehead atoms. The summed E-state index contributed by atoms with van der Waals surface area (Å²) in [4.78, 5) is 22.3. The number of nitrogens with zero attached hydrogens (tertiary/aromatic N) is 3. The van der Waals surface area contributed by atoms with Crippen molar-refractivity contribution >= 4 is 17.2 Å². The van der Waals surface area contributed by atoms with Crippen LogP contribution in [-0.2, 0) is 6.42 Å². The summed E-state index contributed by atoms with van der Waals surface area (Å²) in [6.07, 6.45) is 1.03. The van der Waals surface area contributed by atoms with Crippen LogP contribution in [-0.4, -0.2) is 53.9 Å². The minimum absolute atomic E-state index is 0.0681. The second-order valence-electron chi connectivity index (χ2n) is 6.24. The second kappa shape index (κ2) is 9.11. The van der Waals surface area contributed by atoms with E-state index in [1.165, 1.54) is 16.9 Å². The average molecular weight is 360 g/mol. The van der Waals surface area contributed by atoms with Crippen molar-refractivity contribution in [1.82, 2.24) is 14.8 Å². The largest absolute Gasteiger partial charge is 0.340 e. The van der Waals surface area contributed by atoms with E-state index < -0.39 is 0 Å². The molecule has 1 aromatic heterocycles. The van der Waals surface area contributed by atoms with Gasteiger partial charge in [-0.15, -0.1) is 11.3 Å². The first-order chi connectivity index (χ1) is 12.0. The van der Waals surface area contributed by atoms with Crippen molar-refractivity contribution in [2.24, 2.45) is 0 Å². The highest BCUT2D eigenvalue weighted by Crippen LogP contribution is 2.29. The Balaban J connectivity index is 2.11. The number of aromatic nitrogens is 1. The van der Waals surface area contributed by atoms with Crippen molar-refractivity contribution in [2.45, 2.75) is 34.1 Å². The number of hydrogen-bond acceptors (Lipinski definition) is 4. The minimum atomic E-state index is 0.0681. The molecule has 2 aromatic rings. The SMILES string of the molecule is CCc1ccc(-c2nc(C)c(C(=O)N(C)CCN(CC)CC)s2)cc1. The fourth-order valence-electron chi connectivity index (χ4n) is 2.71. The maximum Gasteiger partial charge on any atom is 0.265 e. The Hall–Kier alpha value is -1.72. The van der Waals surface area contributed by atoms with Crippen LogP contribution < -0.4 is 0 Å². The summed E-state index contributed by atoms with van der Waals surface area (Å²) >= 11 is 1.49. The molecule has 0 aliphatic rings. The van der Waals surface area contributed by atoms with Crippen molar-refractivity contribution in [3.05, 3.63) is 40.4 Å². The lowest BCUT2D eigenvalue weighted by Gasteiger charge is -2.22. The normalized spacial score (nSPS) is 11.1. The molecular formula is C20H29N3OS. The first-order valence-corrected chi connectivity index (χ1v) is 9.86. The monoisotopic (exact) mass is 359 g/mol. The van der Waals surface area contributed by atoms with Crippen molar-refractivity contribution < 1.29 is 4.79 Å². The van der Waals surface area contributed by atoms with Crippen molar-refractivity contribution in [3.63, 3.8) is 0 Å². The van der Waals surface area contributed by atoms with E-state index in [4.69, 9.17) is 0 Å². The first-order valence-electron chi connectivity index (χ1n) is 9.04. The lowest BCUT2D eigenvalue weighted by molar-refractivity contribution is 0.0783. The van der Waals surface area contributed by atoms with Crippen LogP contribution in [0.4, 0.5) is 0 Å². The maximum atomic E-state index is 12.8. The van der Waals surface area contributed by atoms with E-state index in [2.05, 4.69) is 54.9 Å². The Morgan fingerprint density at radius 3 is 2.28 bits per heavy atom. The minimum Gasteiger partial charge on any atom is -0.340 e. The van der Waals surface area contributed by atoms with Crippen LogP contribution in [0.25, 0.3) is 10.6 Å². The summed E-state index contributed by atoms with van der Waals surface area (Å²) in [6, 6.07) is 8.44. The van der Waals surface area contributed by atoms with E-state index in [0.29, 0.717) is 0 Å². The molecule has 1 aromatic carbocycles. The lowest BCUT2D eigenvalue weighted by Crippen LogP contribution is -2.36. The van der Waals surface area contributed by atoms with Gasteiger partial charge in [-0.1, -0.05) is 45.0 Å². The number of benzene rings is 1. The zero-order valence-corrected chi connectivity index (χ0v) is 16.8. The standard InChI is InChI=1S/C20H29N3OS/c1-6-16-9-11-17(12-10-16)19-21-15(4)18(25-19)20(24)22(5)13-14-23(7-2)8-3/h9-12H,6-8,13-14H2,1-5H3. The molecule has 4 nitrogen and oxygen atoms in total.